The molecule has 0 saturated carbocycles. The number of hydrogen-bond acceptors (Lipinski definition) is 4. The number of ether oxygens (including phenoxy) is 1. The number of hydrogen-bond donors (Lipinski definition) is 2. The first-order chi connectivity index (χ1) is 10.1. The van der Waals surface area contributed by atoms with E-state index in [2.05, 4.69) is 15.8 Å². The number of carbonyl (C=O) groups excluding carboxylic acids is 2. The summed E-state index contributed by atoms with van der Waals surface area (Å²) in [5.41, 5.74) is 5.59. The number of nitrogens with one attached hydrogen (secondary N) is 2. The van der Waals surface area contributed by atoms with Crippen molar-refractivity contribution in [1.29, 1.82) is 0 Å². The van der Waals surface area contributed by atoms with Crippen molar-refractivity contribution < 1.29 is 18.7 Å². The highest BCUT2D eigenvalue weighted by Crippen LogP contribution is 2.09. The molecular formula is C14H16FN3O3. The van der Waals surface area contributed by atoms with Gasteiger partial charge in [0.25, 0.3) is 0 Å². The Hall–Kier alpha value is -2.12. The first-order valence-corrected chi connectivity index (χ1v) is 6.62. The molecule has 2 N–H and O–H groups in total. The van der Waals surface area contributed by atoms with Crippen molar-refractivity contribution in [1.82, 2.24) is 10.9 Å². The monoisotopic (exact) mass is 293 g/mol. The predicted molar refractivity (Wildman–Crippen MR) is 73.9 cm³/mol. The minimum atomic E-state index is -0.892. The maximum absolute atomic E-state index is 12.7. The zero-order valence-corrected chi connectivity index (χ0v) is 11.3. The van der Waals surface area contributed by atoms with E-state index in [1.54, 1.807) is 12.1 Å². The third-order valence-electron chi connectivity index (χ3n) is 2.92. The summed E-state index contributed by atoms with van der Waals surface area (Å²) >= 11 is 0. The first-order valence-electron chi connectivity index (χ1n) is 6.62. The molecule has 1 atom stereocenters. The highest BCUT2D eigenvalue weighted by molar-refractivity contribution is 6.36. The van der Waals surface area contributed by atoms with Gasteiger partial charge in [-0.1, -0.05) is 12.1 Å². The first kappa shape index (κ1) is 15.3. The summed E-state index contributed by atoms with van der Waals surface area (Å²) in [5.74, 6) is -2.08. The van der Waals surface area contributed by atoms with Crippen LogP contribution in [0.5, 0.6) is 0 Å². The van der Waals surface area contributed by atoms with Crippen LogP contribution in [0.3, 0.4) is 0 Å². The molecule has 0 unspecified atom stereocenters. The molecule has 2 amide bonds. The van der Waals surface area contributed by atoms with Gasteiger partial charge in [0.1, 0.15) is 5.82 Å². The molecule has 1 aromatic carbocycles. The maximum Gasteiger partial charge on any atom is 0.336 e. The Morgan fingerprint density at radius 3 is 2.81 bits per heavy atom. The zero-order valence-electron chi connectivity index (χ0n) is 11.3. The molecule has 6 nitrogen and oxygen atoms in total. The maximum atomic E-state index is 12.7. The van der Waals surface area contributed by atoms with Gasteiger partial charge in [-0.3, -0.25) is 15.0 Å². The van der Waals surface area contributed by atoms with Gasteiger partial charge in [0.2, 0.25) is 0 Å². The molecule has 1 aliphatic rings. The Labute approximate surface area is 121 Å². The van der Waals surface area contributed by atoms with Crippen LogP contribution in [0.1, 0.15) is 18.4 Å². The van der Waals surface area contributed by atoms with Crippen LogP contribution in [0.4, 0.5) is 4.39 Å². The van der Waals surface area contributed by atoms with Gasteiger partial charge in [-0.2, -0.15) is 0 Å². The van der Waals surface area contributed by atoms with Crippen LogP contribution in [-0.4, -0.2) is 30.7 Å². The molecule has 112 valence electrons. The minimum absolute atomic E-state index is 0.186. The number of halogens is 1. The van der Waals surface area contributed by atoms with Crippen molar-refractivity contribution >= 4 is 18.0 Å². The molecular weight excluding hydrogens is 277 g/mol. The summed E-state index contributed by atoms with van der Waals surface area (Å²) in [5, 5.41) is 0. The lowest BCUT2D eigenvalue weighted by Crippen LogP contribution is -2.40. The van der Waals surface area contributed by atoms with E-state index in [4.69, 9.17) is 4.74 Å². The molecule has 0 aliphatic carbocycles. The lowest BCUT2D eigenvalue weighted by Gasteiger charge is -2.05. The van der Waals surface area contributed by atoms with Gasteiger partial charge in [-0.15, -0.1) is 0 Å². The fraction of sp³-hybridized carbons (Fsp3) is 0.357. The molecule has 1 saturated heterocycles. The molecule has 1 fully saturated rings. The van der Waals surface area contributed by atoms with Gasteiger partial charge in [0, 0.05) is 19.4 Å². The van der Waals surface area contributed by atoms with E-state index in [0.29, 0.717) is 6.61 Å². The smallest absolute Gasteiger partial charge is 0.336 e. The van der Waals surface area contributed by atoms with E-state index in [1.165, 1.54) is 18.3 Å². The third kappa shape index (κ3) is 5.05. The van der Waals surface area contributed by atoms with Gasteiger partial charge in [0.15, 0.2) is 0 Å². The second-order valence-corrected chi connectivity index (χ2v) is 4.57. The number of hydrazine groups is 1. The van der Waals surface area contributed by atoms with Crippen LogP contribution in [0, 0.1) is 5.82 Å². The molecule has 0 bridgehead atoms. The highest BCUT2D eigenvalue weighted by atomic mass is 19.1. The van der Waals surface area contributed by atoms with Crippen molar-refractivity contribution in [3.63, 3.8) is 0 Å². The van der Waals surface area contributed by atoms with Crippen molar-refractivity contribution in [3.05, 3.63) is 35.6 Å². The Kier molecular flexibility index (Phi) is 5.53. The van der Waals surface area contributed by atoms with E-state index < -0.39 is 11.8 Å². The zero-order chi connectivity index (χ0) is 15.1. The van der Waals surface area contributed by atoms with E-state index in [1.807, 2.05) is 0 Å². The molecule has 1 heterocycles. The number of benzene rings is 1. The van der Waals surface area contributed by atoms with Crippen LogP contribution in [0.15, 0.2) is 29.3 Å². The normalized spacial score (nSPS) is 18.0. The Balaban J connectivity index is 1.70. The van der Waals surface area contributed by atoms with Gasteiger partial charge in [-0.05, 0) is 30.5 Å². The molecule has 2 rings (SSSR count). The topological polar surface area (TPSA) is 79.8 Å². The molecule has 1 aromatic rings. The van der Waals surface area contributed by atoms with Crippen LogP contribution in [-0.2, 0) is 20.9 Å². The molecule has 0 aromatic heterocycles. The molecule has 1 aliphatic heterocycles. The van der Waals surface area contributed by atoms with Crippen LogP contribution in [0.2, 0.25) is 0 Å². The Bertz CT molecular complexity index is 525. The number of carbonyl (C=O) groups is 2. The molecule has 0 radical (unpaired) electrons. The second-order valence-electron chi connectivity index (χ2n) is 4.57. The quantitative estimate of drug-likeness (QED) is 0.487. The fourth-order valence-electron chi connectivity index (χ4n) is 1.81. The average molecular weight is 293 g/mol. The van der Waals surface area contributed by atoms with E-state index in [0.717, 1.165) is 18.4 Å². The largest absolute Gasteiger partial charge is 0.373 e. The predicted octanol–water partition coefficient (Wildman–Crippen LogP) is 0.723. The van der Waals surface area contributed by atoms with E-state index in [-0.39, 0.29) is 18.5 Å². The third-order valence-corrected chi connectivity index (χ3v) is 2.92. The van der Waals surface area contributed by atoms with Crippen molar-refractivity contribution in [2.75, 3.05) is 6.61 Å². The minimum Gasteiger partial charge on any atom is -0.373 e. The SMILES string of the molecule is O=C(N=C[C@H]1CCCO1)C(=O)NNCc1ccc(F)cc1. The summed E-state index contributed by atoms with van der Waals surface area (Å²) < 4.78 is 17.9. The second kappa shape index (κ2) is 7.61. The summed E-state index contributed by atoms with van der Waals surface area (Å²) in [6.07, 6.45) is 2.90. The molecule has 0 spiro atoms. The van der Waals surface area contributed by atoms with Crippen LogP contribution < -0.4 is 10.9 Å². The summed E-state index contributed by atoms with van der Waals surface area (Å²) in [6, 6.07) is 5.78. The summed E-state index contributed by atoms with van der Waals surface area (Å²) in [4.78, 5) is 26.4. The lowest BCUT2D eigenvalue weighted by atomic mass is 10.2. The lowest BCUT2D eigenvalue weighted by molar-refractivity contribution is -0.137. The van der Waals surface area contributed by atoms with E-state index in [9.17, 15) is 14.0 Å². The van der Waals surface area contributed by atoms with Gasteiger partial charge < -0.3 is 4.74 Å². The van der Waals surface area contributed by atoms with Crippen molar-refractivity contribution in [2.45, 2.75) is 25.5 Å². The molecule has 7 heteroatoms. The van der Waals surface area contributed by atoms with Gasteiger partial charge in [0.05, 0.1) is 6.10 Å². The number of aliphatic imine (C=N–C) groups is 1. The van der Waals surface area contributed by atoms with Crippen molar-refractivity contribution in [3.8, 4) is 0 Å². The summed E-state index contributed by atoms with van der Waals surface area (Å²) in [7, 11) is 0. The fourth-order valence-corrected chi connectivity index (χ4v) is 1.81. The number of rotatable bonds is 4. The van der Waals surface area contributed by atoms with Crippen LogP contribution in [0.25, 0.3) is 0 Å². The van der Waals surface area contributed by atoms with Crippen LogP contribution >= 0.6 is 0 Å². The average Bonchev–Trinajstić information content (AvgIpc) is 3.00. The van der Waals surface area contributed by atoms with Gasteiger partial charge in [-0.25, -0.2) is 14.8 Å². The molecule has 21 heavy (non-hydrogen) atoms. The van der Waals surface area contributed by atoms with E-state index >= 15 is 0 Å². The standard InChI is InChI=1S/C14H16FN3O3/c15-11-5-3-10(4-6-11)8-17-18-14(20)13(19)16-9-12-2-1-7-21-12/h3-6,9,12,17H,1-2,7-8H2,(H,18,20)/t12-/m1/s1. The van der Waals surface area contributed by atoms with Crippen molar-refractivity contribution in [2.24, 2.45) is 4.99 Å². The number of nitrogens with zero attached hydrogens (tertiary/aromatic N) is 1. The Morgan fingerprint density at radius 2 is 2.14 bits per heavy atom. The summed E-state index contributed by atoms with van der Waals surface area (Å²) in [6.45, 7) is 0.922. The van der Waals surface area contributed by atoms with Gasteiger partial charge >= 0.3 is 11.8 Å². The highest BCUT2D eigenvalue weighted by Gasteiger charge is 2.15. The Morgan fingerprint density at radius 1 is 1.38 bits per heavy atom. The number of amides is 2.